The molecular formula is C22H18O2S. The normalized spacial score (nSPS) is 10.3. The van der Waals surface area contributed by atoms with Crippen molar-refractivity contribution in [1.82, 2.24) is 0 Å². The number of hydrogen-bond donors (Lipinski definition) is 1. The van der Waals surface area contributed by atoms with Crippen LogP contribution in [0.5, 0.6) is 0 Å². The molecule has 0 aromatic heterocycles. The number of carboxylic acids is 1. The third-order valence-electron chi connectivity index (χ3n) is 3.85. The highest BCUT2D eigenvalue weighted by molar-refractivity contribution is 8.04. The van der Waals surface area contributed by atoms with E-state index in [0.717, 1.165) is 27.2 Å². The van der Waals surface area contributed by atoms with E-state index in [1.165, 1.54) is 11.8 Å². The Morgan fingerprint density at radius 1 is 0.760 bits per heavy atom. The van der Waals surface area contributed by atoms with E-state index < -0.39 is 5.97 Å². The number of aliphatic carboxylic acids is 1. The number of carbonyl (C=O) groups is 1. The van der Waals surface area contributed by atoms with E-state index in [9.17, 15) is 9.90 Å². The Kier molecular flexibility index (Phi) is 5.36. The van der Waals surface area contributed by atoms with Crippen molar-refractivity contribution in [3.05, 3.63) is 107 Å². The molecule has 0 spiro atoms. The zero-order valence-corrected chi connectivity index (χ0v) is 14.7. The van der Waals surface area contributed by atoms with Crippen molar-refractivity contribution < 1.29 is 9.90 Å². The van der Waals surface area contributed by atoms with Crippen molar-refractivity contribution in [2.45, 2.75) is 11.8 Å². The highest BCUT2D eigenvalue weighted by Gasteiger charge is 2.19. The summed E-state index contributed by atoms with van der Waals surface area (Å²) in [5.74, 6) is -0.920. The van der Waals surface area contributed by atoms with Crippen LogP contribution in [0.1, 0.15) is 16.7 Å². The van der Waals surface area contributed by atoms with E-state index in [-0.39, 0.29) is 0 Å². The second-order valence-electron chi connectivity index (χ2n) is 5.61. The summed E-state index contributed by atoms with van der Waals surface area (Å²) >= 11 is 1.30. The van der Waals surface area contributed by atoms with Gasteiger partial charge < -0.3 is 5.11 Å². The highest BCUT2D eigenvalue weighted by Crippen LogP contribution is 2.37. The maximum Gasteiger partial charge on any atom is 0.343 e. The van der Waals surface area contributed by atoms with Gasteiger partial charge in [0.05, 0.1) is 0 Å². The average Bonchev–Trinajstić information content (AvgIpc) is 2.64. The van der Waals surface area contributed by atoms with E-state index in [1.54, 1.807) is 0 Å². The Morgan fingerprint density at radius 2 is 1.24 bits per heavy atom. The molecule has 0 atom stereocenters. The topological polar surface area (TPSA) is 37.3 Å². The molecule has 1 N–H and O–H groups in total. The lowest BCUT2D eigenvalue weighted by Gasteiger charge is -2.14. The maximum absolute atomic E-state index is 12.1. The van der Waals surface area contributed by atoms with Gasteiger partial charge in [0.25, 0.3) is 0 Å². The molecule has 0 aliphatic rings. The second-order valence-corrected chi connectivity index (χ2v) is 6.66. The van der Waals surface area contributed by atoms with E-state index in [2.05, 4.69) is 0 Å². The molecular weight excluding hydrogens is 328 g/mol. The van der Waals surface area contributed by atoms with Crippen LogP contribution in [0, 0.1) is 6.92 Å². The van der Waals surface area contributed by atoms with Gasteiger partial charge in [-0.25, -0.2) is 4.79 Å². The molecule has 25 heavy (non-hydrogen) atoms. The lowest BCUT2D eigenvalue weighted by Crippen LogP contribution is -2.03. The maximum atomic E-state index is 12.1. The smallest absolute Gasteiger partial charge is 0.343 e. The first-order valence-electron chi connectivity index (χ1n) is 7.98. The van der Waals surface area contributed by atoms with Crippen molar-refractivity contribution in [1.29, 1.82) is 0 Å². The second kappa shape index (κ2) is 7.86. The fourth-order valence-corrected chi connectivity index (χ4v) is 3.64. The zero-order chi connectivity index (χ0) is 17.6. The van der Waals surface area contributed by atoms with Crippen LogP contribution in [0.15, 0.2) is 94.7 Å². The van der Waals surface area contributed by atoms with E-state index in [0.29, 0.717) is 4.91 Å². The monoisotopic (exact) mass is 346 g/mol. The van der Waals surface area contributed by atoms with Gasteiger partial charge in [0.2, 0.25) is 0 Å². The number of thioether (sulfide) groups is 1. The summed E-state index contributed by atoms with van der Waals surface area (Å²) in [6.45, 7) is 1.99. The fraction of sp³-hybridized carbons (Fsp3) is 0.0455. The Balaban J connectivity index is 2.21. The lowest BCUT2D eigenvalue weighted by atomic mass is 9.97. The summed E-state index contributed by atoms with van der Waals surface area (Å²) in [6.07, 6.45) is 0. The summed E-state index contributed by atoms with van der Waals surface area (Å²) in [7, 11) is 0. The van der Waals surface area contributed by atoms with E-state index >= 15 is 0 Å². The van der Waals surface area contributed by atoms with Gasteiger partial charge in [-0.15, -0.1) is 0 Å². The van der Waals surface area contributed by atoms with E-state index in [1.807, 2.05) is 91.9 Å². The van der Waals surface area contributed by atoms with Crippen molar-refractivity contribution in [2.75, 3.05) is 0 Å². The van der Waals surface area contributed by atoms with Crippen molar-refractivity contribution in [2.24, 2.45) is 0 Å². The van der Waals surface area contributed by atoms with Gasteiger partial charge in [-0.1, -0.05) is 90.6 Å². The summed E-state index contributed by atoms with van der Waals surface area (Å²) in [6, 6.07) is 27.2. The Hall–Kier alpha value is -2.78. The van der Waals surface area contributed by atoms with Gasteiger partial charge in [0, 0.05) is 10.5 Å². The number of hydrogen-bond acceptors (Lipinski definition) is 2. The zero-order valence-electron chi connectivity index (χ0n) is 13.8. The molecule has 0 amide bonds. The summed E-state index contributed by atoms with van der Waals surface area (Å²) < 4.78 is 0. The van der Waals surface area contributed by atoms with Crippen molar-refractivity contribution in [3.8, 4) is 0 Å². The number of benzene rings is 3. The first kappa shape index (κ1) is 17.1. The average molecular weight is 346 g/mol. The first-order valence-corrected chi connectivity index (χ1v) is 8.80. The molecule has 0 heterocycles. The number of aryl methyl sites for hydroxylation is 1. The fourth-order valence-electron chi connectivity index (χ4n) is 2.62. The minimum Gasteiger partial charge on any atom is -0.477 e. The summed E-state index contributed by atoms with van der Waals surface area (Å²) in [5, 5.41) is 9.94. The molecule has 3 rings (SSSR count). The van der Waals surface area contributed by atoms with Gasteiger partial charge in [-0.05, 0) is 29.7 Å². The molecule has 0 unspecified atom stereocenters. The molecule has 0 aliphatic carbocycles. The number of rotatable bonds is 5. The van der Waals surface area contributed by atoms with E-state index in [4.69, 9.17) is 0 Å². The van der Waals surface area contributed by atoms with Gasteiger partial charge in [0.15, 0.2) is 0 Å². The highest BCUT2D eigenvalue weighted by atomic mass is 32.2. The van der Waals surface area contributed by atoms with Crippen molar-refractivity contribution in [3.63, 3.8) is 0 Å². The molecule has 2 nitrogen and oxygen atoms in total. The SMILES string of the molecule is Cc1ccccc1SC(C(=O)O)=C(c1ccccc1)c1ccccc1. The van der Waals surface area contributed by atoms with Crippen LogP contribution in [0.4, 0.5) is 0 Å². The minimum atomic E-state index is -0.920. The van der Waals surface area contributed by atoms with Gasteiger partial charge in [-0.3, -0.25) is 0 Å². The molecule has 3 aromatic carbocycles. The van der Waals surface area contributed by atoms with Crippen molar-refractivity contribution >= 4 is 23.3 Å². The predicted octanol–water partition coefficient (Wildman–Crippen LogP) is 5.63. The van der Waals surface area contributed by atoms with Gasteiger partial charge >= 0.3 is 5.97 Å². The molecule has 0 fully saturated rings. The van der Waals surface area contributed by atoms with Crippen LogP contribution < -0.4 is 0 Å². The molecule has 124 valence electrons. The number of carboxylic acid groups (broad SMARTS) is 1. The van der Waals surface area contributed by atoms with Crippen LogP contribution in [-0.2, 0) is 4.79 Å². The summed E-state index contributed by atoms with van der Waals surface area (Å²) in [4.78, 5) is 13.4. The standard InChI is InChI=1S/C22H18O2S/c1-16-10-8-9-15-19(16)25-21(22(23)24)20(17-11-4-2-5-12-17)18-13-6-3-7-14-18/h2-15H,1H3,(H,23,24). The lowest BCUT2D eigenvalue weighted by molar-refractivity contribution is -0.131. The van der Waals surface area contributed by atoms with Gasteiger partial charge in [0.1, 0.15) is 4.91 Å². The molecule has 3 heteroatoms. The molecule has 0 aliphatic heterocycles. The largest absolute Gasteiger partial charge is 0.477 e. The Bertz CT molecular complexity index is 858. The Morgan fingerprint density at radius 3 is 1.72 bits per heavy atom. The van der Waals surface area contributed by atoms with Crippen LogP contribution in [0.2, 0.25) is 0 Å². The summed E-state index contributed by atoms with van der Waals surface area (Å²) in [5.41, 5.74) is 3.59. The quantitative estimate of drug-likeness (QED) is 0.480. The van der Waals surface area contributed by atoms with Gasteiger partial charge in [-0.2, -0.15) is 0 Å². The molecule has 3 aromatic rings. The molecule has 0 saturated heterocycles. The van der Waals surface area contributed by atoms with Crippen LogP contribution in [-0.4, -0.2) is 11.1 Å². The third kappa shape index (κ3) is 4.01. The minimum absolute atomic E-state index is 0.326. The van der Waals surface area contributed by atoms with Crippen LogP contribution in [0.25, 0.3) is 5.57 Å². The molecule has 0 bridgehead atoms. The Labute approximate surface area is 151 Å². The van der Waals surface area contributed by atoms with Crippen LogP contribution in [0.3, 0.4) is 0 Å². The predicted molar refractivity (Wildman–Crippen MR) is 104 cm³/mol. The van der Waals surface area contributed by atoms with Crippen LogP contribution >= 0.6 is 11.8 Å². The first-order chi connectivity index (χ1) is 12.2. The molecule has 0 saturated carbocycles. The molecule has 0 radical (unpaired) electrons. The third-order valence-corrected chi connectivity index (χ3v) is 5.11.